The fourth-order valence-electron chi connectivity index (χ4n) is 6.06. The minimum atomic E-state index is -0.829. The summed E-state index contributed by atoms with van der Waals surface area (Å²) in [5.41, 5.74) is 1.02. The topological polar surface area (TPSA) is 137 Å². The van der Waals surface area contributed by atoms with E-state index < -0.39 is 23.1 Å². The van der Waals surface area contributed by atoms with Gasteiger partial charge >= 0.3 is 12.0 Å². The number of piperidine rings is 1. The number of aromatic nitrogens is 3. The minimum absolute atomic E-state index is 0.0206. The van der Waals surface area contributed by atoms with Crippen LogP contribution in [0.25, 0.3) is 0 Å². The third kappa shape index (κ3) is 5.68. The van der Waals surface area contributed by atoms with Gasteiger partial charge < -0.3 is 23.6 Å². The molecule has 3 atom stereocenters. The van der Waals surface area contributed by atoms with Crippen molar-refractivity contribution in [3.05, 3.63) is 110 Å². The van der Waals surface area contributed by atoms with Gasteiger partial charge in [-0.1, -0.05) is 18.2 Å². The molecule has 1 N–H and O–H groups in total. The molecule has 1 aromatic carbocycles. The van der Waals surface area contributed by atoms with E-state index in [-0.39, 0.29) is 29.7 Å². The van der Waals surface area contributed by atoms with Gasteiger partial charge in [0, 0.05) is 55.8 Å². The Balaban J connectivity index is 1.30. The molecule has 2 aliphatic rings. The summed E-state index contributed by atoms with van der Waals surface area (Å²) in [6, 6.07) is 15.4. The van der Waals surface area contributed by atoms with E-state index in [1.165, 1.54) is 13.2 Å². The normalized spacial score (nSPS) is 18.6. The van der Waals surface area contributed by atoms with Crippen molar-refractivity contribution in [1.29, 1.82) is 0 Å². The number of likely N-dealkylation sites (tertiary alicyclic amines) is 1. The van der Waals surface area contributed by atoms with E-state index in [0.717, 1.165) is 18.7 Å². The second kappa shape index (κ2) is 11.6. The summed E-state index contributed by atoms with van der Waals surface area (Å²) in [4.78, 5) is 48.2. The lowest BCUT2D eigenvalue weighted by molar-refractivity contribution is -0.140. The second-order valence-electron chi connectivity index (χ2n) is 10.7. The molecular weight excluding hydrogens is 540 g/mol. The highest BCUT2D eigenvalue weighted by molar-refractivity contribution is 5.71. The molecule has 11 heteroatoms. The molecule has 4 aromatic rings. The molecule has 3 aromatic heterocycles. The van der Waals surface area contributed by atoms with E-state index in [4.69, 9.17) is 13.9 Å². The van der Waals surface area contributed by atoms with E-state index in [9.17, 15) is 19.5 Å². The van der Waals surface area contributed by atoms with Gasteiger partial charge in [0.15, 0.2) is 5.76 Å². The predicted molar refractivity (Wildman–Crippen MR) is 150 cm³/mol. The van der Waals surface area contributed by atoms with E-state index >= 15 is 0 Å². The monoisotopic (exact) mass is 570 g/mol. The fraction of sp³-hybridized carbons (Fsp3) is 0.323. The Morgan fingerprint density at radius 3 is 2.69 bits per heavy atom. The molecule has 1 saturated heterocycles. The predicted octanol–water partition coefficient (Wildman–Crippen LogP) is 3.40. The first-order chi connectivity index (χ1) is 20.4. The van der Waals surface area contributed by atoms with Crippen LogP contribution in [0, 0.1) is 5.92 Å². The molecule has 2 aliphatic heterocycles. The van der Waals surface area contributed by atoms with Gasteiger partial charge in [-0.05, 0) is 42.2 Å². The van der Waals surface area contributed by atoms with Crippen molar-refractivity contribution in [2.45, 2.75) is 37.8 Å². The Morgan fingerprint density at radius 2 is 1.88 bits per heavy atom. The zero-order valence-electron chi connectivity index (χ0n) is 23.0. The van der Waals surface area contributed by atoms with Gasteiger partial charge in [0.1, 0.15) is 11.5 Å². The summed E-state index contributed by atoms with van der Waals surface area (Å²) >= 11 is 0. The summed E-state index contributed by atoms with van der Waals surface area (Å²) in [5, 5.41) is 10.9. The van der Waals surface area contributed by atoms with Crippen LogP contribution < -0.4 is 15.7 Å². The molecule has 0 amide bonds. The lowest BCUT2D eigenvalue weighted by Crippen LogP contribution is -2.46. The molecule has 2 bridgehead atoms. The lowest BCUT2D eigenvalue weighted by Gasteiger charge is -2.42. The van der Waals surface area contributed by atoms with Crippen molar-refractivity contribution in [2.75, 3.05) is 20.2 Å². The van der Waals surface area contributed by atoms with Crippen LogP contribution in [0.4, 0.5) is 0 Å². The molecule has 0 saturated carbocycles. The highest BCUT2D eigenvalue weighted by atomic mass is 16.5. The summed E-state index contributed by atoms with van der Waals surface area (Å²) in [6.07, 6.45) is 3.93. The molecule has 11 nitrogen and oxygen atoms in total. The maximum atomic E-state index is 13.0. The van der Waals surface area contributed by atoms with Crippen LogP contribution in [0.15, 0.2) is 81.0 Å². The van der Waals surface area contributed by atoms with Gasteiger partial charge in [0.25, 0.3) is 5.56 Å². The van der Waals surface area contributed by atoms with E-state index in [1.807, 2.05) is 10.6 Å². The Kier molecular flexibility index (Phi) is 7.58. The number of methoxy groups -OCH3 is 1. The number of rotatable bonds is 8. The van der Waals surface area contributed by atoms with Gasteiger partial charge in [0.2, 0.25) is 11.2 Å². The number of fused-ring (bicyclic) bond motifs is 4. The number of nitrogens with zero attached hydrogens (tertiary/aromatic N) is 4. The van der Waals surface area contributed by atoms with Crippen LogP contribution in [0.2, 0.25) is 0 Å². The maximum absolute atomic E-state index is 13.0. The van der Waals surface area contributed by atoms with Crippen LogP contribution in [0.1, 0.15) is 47.5 Å². The molecular formula is C31H30N4O7. The Morgan fingerprint density at radius 1 is 1.07 bits per heavy atom. The van der Waals surface area contributed by atoms with E-state index in [0.29, 0.717) is 42.6 Å². The van der Waals surface area contributed by atoms with Crippen LogP contribution in [0.3, 0.4) is 0 Å². The molecule has 0 radical (unpaired) electrons. The van der Waals surface area contributed by atoms with Crippen LogP contribution >= 0.6 is 0 Å². The van der Waals surface area contributed by atoms with Gasteiger partial charge in [0.05, 0.1) is 26.0 Å². The van der Waals surface area contributed by atoms with Crippen LogP contribution in [0.5, 0.6) is 17.5 Å². The number of ether oxygens (including phenoxy) is 2. The van der Waals surface area contributed by atoms with Crippen molar-refractivity contribution in [3.63, 3.8) is 0 Å². The number of benzene rings is 1. The first-order valence-electron chi connectivity index (χ1n) is 13.8. The van der Waals surface area contributed by atoms with Gasteiger partial charge in [-0.3, -0.25) is 19.3 Å². The highest BCUT2D eigenvalue weighted by Crippen LogP contribution is 2.37. The summed E-state index contributed by atoms with van der Waals surface area (Å²) in [5.74, 6) is -0.683. The summed E-state index contributed by atoms with van der Waals surface area (Å²) in [7, 11) is 1.28. The molecule has 0 spiro atoms. The Bertz CT molecular complexity index is 1720. The maximum Gasteiger partial charge on any atom is 0.321 e. The average molecular weight is 571 g/mol. The first-order valence-corrected chi connectivity index (χ1v) is 13.8. The van der Waals surface area contributed by atoms with Gasteiger partial charge in [-0.15, -0.1) is 0 Å². The first kappa shape index (κ1) is 27.4. The lowest BCUT2D eigenvalue weighted by atomic mass is 9.83. The summed E-state index contributed by atoms with van der Waals surface area (Å²) < 4.78 is 18.8. The van der Waals surface area contributed by atoms with E-state index in [1.54, 1.807) is 54.9 Å². The number of carbonyl (C=O) groups is 1. The number of hydrogen-bond acceptors (Lipinski definition) is 10. The number of aromatic hydroxyl groups is 1. The average Bonchev–Trinajstić information content (AvgIpc) is 2.99. The standard InChI is InChI=1S/C31H30N4O7/c1-40-28(38)14-24(20-5-2-6-22(12-20)42-31-32-9-4-10-33-31)30-29(39)26(36)13-23(41-30)18-34-15-19-11-21(17-34)25-7-3-8-27(37)35(25)16-19/h2-10,12-13,19,21,24,39H,11,14-18H2,1H3/t19-,21+,24-/m0/s1. The smallest absolute Gasteiger partial charge is 0.321 e. The number of carbonyl (C=O) groups excluding carboxylic acids is 1. The van der Waals surface area contributed by atoms with E-state index in [2.05, 4.69) is 14.9 Å². The largest absolute Gasteiger partial charge is 0.502 e. The summed E-state index contributed by atoms with van der Waals surface area (Å²) in [6.45, 7) is 2.43. The third-order valence-corrected chi connectivity index (χ3v) is 7.86. The van der Waals surface area contributed by atoms with Crippen molar-refractivity contribution < 1.29 is 23.8 Å². The molecule has 1 fully saturated rings. The second-order valence-corrected chi connectivity index (χ2v) is 10.7. The molecule has 5 heterocycles. The minimum Gasteiger partial charge on any atom is -0.502 e. The zero-order valence-corrected chi connectivity index (χ0v) is 23.0. The third-order valence-electron chi connectivity index (χ3n) is 7.86. The molecule has 0 unspecified atom stereocenters. The fourth-order valence-corrected chi connectivity index (χ4v) is 6.06. The number of pyridine rings is 1. The molecule has 0 aliphatic carbocycles. The van der Waals surface area contributed by atoms with Crippen molar-refractivity contribution in [2.24, 2.45) is 5.92 Å². The van der Waals surface area contributed by atoms with Crippen molar-refractivity contribution in [1.82, 2.24) is 19.4 Å². The Hall–Kier alpha value is -4.77. The van der Waals surface area contributed by atoms with Crippen LogP contribution in [-0.4, -0.2) is 50.7 Å². The van der Waals surface area contributed by atoms with Gasteiger partial charge in [-0.25, -0.2) is 9.97 Å². The van der Waals surface area contributed by atoms with Crippen LogP contribution in [-0.2, 0) is 22.6 Å². The molecule has 42 heavy (non-hydrogen) atoms. The quantitative estimate of drug-likeness (QED) is 0.314. The Labute approximate surface area is 241 Å². The van der Waals surface area contributed by atoms with Gasteiger partial charge in [-0.2, -0.15) is 0 Å². The van der Waals surface area contributed by atoms with Crippen molar-refractivity contribution >= 4 is 5.97 Å². The van der Waals surface area contributed by atoms with Crippen molar-refractivity contribution in [3.8, 4) is 17.5 Å². The number of hydrogen-bond donors (Lipinski definition) is 1. The molecule has 216 valence electrons. The molecule has 6 rings (SSSR count). The number of esters is 1. The SMILES string of the molecule is COC(=O)C[C@@H](c1cccc(Oc2ncccn2)c1)c1oc(CN2C[C@@H]3C[C@H](C2)c2cccc(=O)n2C3)cc(=O)c1O. The highest BCUT2D eigenvalue weighted by Gasteiger charge is 2.35. The zero-order chi connectivity index (χ0) is 29.2.